The molecule has 0 heterocycles. The first kappa shape index (κ1) is 53.1. The van der Waals surface area contributed by atoms with Crippen LogP contribution in [0.5, 0.6) is 0 Å². The molecule has 0 aromatic carbocycles. The van der Waals surface area contributed by atoms with Gasteiger partial charge in [-0.1, -0.05) is 6.92 Å². The molecule has 0 saturated heterocycles. The van der Waals surface area contributed by atoms with Gasteiger partial charge in [0.25, 0.3) is 0 Å². The van der Waals surface area contributed by atoms with Gasteiger partial charge in [0.1, 0.15) is 0 Å². The Hall–Kier alpha value is 0.750. The first-order valence-electron chi connectivity index (χ1n) is 1.62. The van der Waals surface area contributed by atoms with Gasteiger partial charge >= 0.3 is 0 Å². The van der Waals surface area contributed by atoms with Crippen LogP contribution in [0.2, 0.25) is 0 Å². The first-order valence-corrected chi connectivity index (χ1v) is 1.62. The van der Waals surface area contributed by atoms with Crippen molar-refractivity contribution in [3.05, 3.63) is 0 Å². The van der Waals surface area contributed by atoms with Crippen molar-refractivity contribution in [3.8, 4) is 0 Å². The Labute approximate surface area is 75.5 Å². The van der Waals surface area contributed by atoms with Gasteiger partial charge in [-0.15, -0.1) is 37.2 Å². The van der Waals surface area contributed by atoms with Gasteiger partial charge < -0.3 is 18.0 Å². The Morgan fingerprint density at radius 2 is 1.11 bits per heavy atom. The third kappa shape index (κ3) is 130. The summed E-state index contributed by atoms with van der Waals surface area (Å²) in [6.45, 7) is 2.88. The molecule has 6 heteroatoms. The van der Waals surface area contributed by atoms with Crippen LogP contribution in [0, 0.1) is 0 Å². The average molecular weight is 203 g/mol. The van der Waals surface area contributed by atoms with E-state index in [1.165, 1.54) is 0 Å². The SMILES string of the molecule is CCCN.Cl.Cl.Cl.N.N. The van der Waals surface area contributed by atoms with Crippen LogP contribution in [0.15, 0.2) is 0 Å². The molecule has 0 amide bonds. The zero-order chi connectivity index (χ0) is 3.41. The lowest BCUT2D eigenvalue weighted by Crippen LogP contribution is -1.93. The smallest absolute Gasteiger partial charge is 0.00799 e. The molecule has 0 aliphatic rings. The van der Waals surface area contributed by atoms with Crippen LogP contribution < -0.4 is 18.0 Å². The summed E-state index contributed by atoms with van der Waals surface area (Å²) in [7, 11) is 0. The zero-order valence-corrected chi connectivity index (χ0v) is 8.08. The predicted molar refractivity (Wildman–Crippen MR) is 51.1 cm³/mol. The normalized spacial score (nSPS) is 3.33. The fourth-order valence-corrected chi connectivity index (χ4v) is 0. The number of nitrogens with two attached hydrogens (primary N) is 1. The molecule has 8 N–H and O–H groups in total. The van der Waals surface area contributed by atoms with Gasteiger partial charge in [-0.3, -0.25) is 0 Å². The Morgan fingerprint density at radius 1 is 1.00 bits per heavy atom. The van der Waals surface area contributed by atoms with Crippen LogP contribution in [-0.4, -0.2) is 6.54 Å². The summed E-state index contributed by atoms with van der Waals surface area (Å²) in [4.78, 5) is 0. The summed E-state index contributed by atoms with van der Waals surface area (Å²) < 4.78 is 0. The lowest BCUT2D eigenvalue weighted by atomic mass is 10.5. The molecule has 0 aromatic rings. The molecule has 0 aromatic heterocycles. The standard InChI is InChI=1S/C3H9N.3ClH.2H3N/c1-2-3-4;;;;;/h2-4H2,1H3;3*1H;2*1H3. The van der Waals surface area contributed by atoms with Gasteiger partial charge in [0, 0.05) is 0 Å². The molecule has 0 fully saturated rings. The summed E-state index contributed by atoms with van der Waals surface area (Å²) in [6.07, 6.45) is 1.10. The van der Waals surface area contributed by atoms with E-state index in [4.69, 9.17) is 5.73 Å². The maximum atomic E-state index is 5.03. The van der Waals surface area contributed by atoms with Crippen molar-refractivity contribution in [1.29, 1.82) is 0 Å². The molecule has 0 radical (unpaired) electrons. The van der Waals surface area contributed by atoms with Crippen LogP contribution in [-0.2, 0) is 0 Å². The van der Waals surface area contributed by atoms with Crippen LogP contribution in [0.4, 0.5) is 0 Å². The molecule has 0 aliphatic heterocycles. The fraction of sp³-hybridized carbons (Fsp3) is 1.00. The topological polar surface area (TPSA) is 96.0 Å². The number of rotatable bonds is 1. The lowest BCUT2D eigenvalue weighted by molar-refractivity contribution is 0.932. The fourth-order valence-electron chi connectivity index (χ4n) is 0. The zero-order valence-electron chi connectivity index (χ0n) is 5.63. The van der Waals surface area contributed by atoms with E-state index in [1.54, 1.807) is 0 Å². The highest BCUT2D eigenvalue weighted by molar-refractivity contribution is 5.86. The van der Waals surface area contributed by atoms with Crippen molar-refractivity contribution in [1.82, 2.24) is 12.3 Å². The molecule has 0 atom stereocenters. The lowest BCUT2D eigenvalue weighted by Gasteiger charge is -1.70. The van der Waals surface area contributed by atoms with Crippen molar-refractivity contribution < 1.29 is 0 Å². The number of halogens is 3. The van der Waals surface area contributed by atoms with E-state index in [2.05, 4.69) is 6.92 Å². The second-order valence-electron chi connectivity index (χ2n) is 0.789. The van der Waals surface area contributed by atoms with Crippen molar-refractivity contribution in [2.24, 2.45) is 5.73 Å². The van der Waals surface area contributed by atoms with E-state index in [1.807, 2.05) is 0 Å². The van der Waals surface area contributed by atoms with Gasteiger partial charge in [-0.05, 0) is 13.0 Å². The summed E-state index contributed by atoms with van der Waals surface area (Å²) in [6, 6.07) is 0. The number of hydrogen-bond donors (Lipinski definition) is 3. The van der Waals surface area contributed by atoms with Gasteiger partial charge in [-0.2, -0.15) is 0 Å². The molecule has 0 aliphatic carbocycles. The largest absolute Gasteiger partial charge is 0.344 e. The Bertz CT molecular complexity index is 16.3. The maximum absolute atomic E-state index is 5.03. The Balaban J connectivity index is -0.00000000450. The molecule has 0 saturated carbocycles. The van der Waals surface area contributed by atoms with E-state index in [0.717, 1.165) is 13.0 Å². The van der Waals surface area contributed by atoms with Crippen LogP contribution in [0.25, 0.3) is 0 Å². The van der Waals surface area contributed by atoms with E-state index >= 15 is 0 Å². The molecule has 0 bridgehead atoms. The van der Waals surface area contributed by atoms with Gasteiger partial charge in [0.05, 0.1) is 0 Å². The van der Waals surface area contributed by atoms with Gasteiger partial charge in [0.2, 0.25) is 0 Å². The summed E-state index contributed by atoms with van der Waals surface area (Å²) in [5.74, 6) is 0. The van der Waals surface area contributed by atoms with E-state index in [0.29, 0.717) is 0 Å². The minimum Gasteiger partial charge on any atom is -0.344 e. The Morgan fingerprint density at radius 3 is 1.11 bits per heavy atom. The van der Waals surface area contributed by atoms with E-state index < -0.39 is 0 Å². The minimum absolute atomic E-state index is 0. The number of hydrogen-bond acceptors (Lipinski definition) is 3. The summed E-state index contributed by atoms with van der Waals surface area (Å²) >= 11 is 0. The second-order valence-corrected chi connectivity index (χ2v) is 0.789. The second kappa shape index (κ2) is 69.5. The third-order valence-corrected chi connectivity index (χ3v) is 0.289. The third-order valence-electron chi connectivity index (χ3n) is 0.289. The predicted octanol–water partition coefficient (Wildman–Crippen LogP) is 1.94. The highest BCUT2D eigenvalue weighted by Crippen LogP contribution is 1.57. The Kier molecular flexibility index (Phi) is 410. The monoisotopic (exact) mass is 201 g/mol. The van der Waals surface area contributed by atoms with E-state index in [-0.39, 0.29) is 49.5 Å². The average Bonchev–Trinajstić information content (AvgIpc) is 1.37. The first-order chi connectivity index (χ1) is 1.91. The van der Waals surface area contributed by atoms with E-state index in [9.17, 15) is 0 Å². The van der Waals surface area contributed by atoms with Crippen molar-refractivity contribution in [3.63, 3.8) is 0 Å². The van der Waals surface area contributed by atoms with Crippen LogP contribution >= 0.6 is 37.2 Å². The summed E-state index contributed by atoms with van der Waals surface area (Å²) in [5, 5.41) is 0. The summed E-state index contributed by atoms with van der Waals surface area (Å²) in [5.41, 5.74) is 5.03. The molecule has 3 nitrogen and oxygen atoms in total. The molecular weight excluding hydrogens is 184 g/mol. The molecule has 0 spiro atoms. The van der Waals surface area contributed by atoms with Gasteiger partial charge in [-0.25, -0.2) is 0 Å². The molecule has 0 rings (SSSR count). The molecule has 0 unspecified atom stereocenters. The van der Waals surface area contributed by atoms with Crippen molar-refractivity contribution >= 4 is 37.2 Å². The maximum Gasteiger partial charge on any atom is -0.00799 e. The molecule has 66 valence electrons. The van der Waals surface area contributed by atoms with Crippen LogP contribution in [0.3, 0.4) is 0 Å². The van der Waals surface area contributed by atoms with Crippen LogP contribution in [0.1, 0.15) is 13.3 Å². The molecule has 9 heavy (non-hydrogen) atoms. The highest BCUT2D eigenvalue weighted by Gasteiger charge is 1.55. The van der Waals surface area contributed by atoms with Gasteiger partial charge in [0.15, 0.2) is 0 Å². The molecular formula is C3H18Cl3N3. The quantitative estimate of drug-likeness (QED) is 0.606. The minimum atomic E-state index is 0. The van der Waals surface area contributed by atoms with Crippen molar-refractivity contribution in [2.45, 2.75) is 13.3 Å². The highest BCUT2D eigenvalue weighted by atomic mass is 35.5. The van der Waals surface area contributed by atoms with Crippen molar-refractivity contribution in [2.75, 3.05) is 6.54 Å².